The summed E-state index contributed by atoms with van der Waals surface area (Å²) in [6, 6.07) is 4.27. The van der Waals surface area contributed by atoms with Crippen LogP contribution in [0.1, 0.15) is 31.7 Å². The third-order valence-electron chi connectivity index (χ3n) is 3.90. The van der Waals surface area contributed by atoms with E-state index in [2.05, 4.69) is 34.3 Å². The van der Waals surface area contributed by atoms with Gasteiger partial charge in [-0.1, -0.05) is 13.0 Å². The largest absolute Gasteiger partial charge is 0.384 e. The van der Waals surface area contributed by atoms with Crippen LogP contribution in [-0.2, 0) is 11.3 Å². The summed E-state index contributed by atoms with van der Waals surface area (Å²) >= 11 is 0. The Bertz CT molecular complexity index is 372. The van der Waals surface area contributed by atoms with Gasteiger partial charge in [0.1, 0.15) is 5.82 Å². The summed E-state index contributed by atoms with van der Waals surface area (Å²) in [6.45, 7) is 7.41. The third-order valence-corrected chi connectivity index (χ3v) is 3.90. The molecule has 1 aliphatic heterocycles. The standard InChI is InChI=1S/C16H27N3O/c1-3-8-17-16-5-4-15(11-18-16)12-19-9-6-14(7-10-19)13-20-2/h4-5,11,14H,3,6-10,12-13H2,1-2H3,(H,17,18). The van der Waals surface area contributed by atoms with Gasteiger partial charge in [0.05, 0.1) is 0 Å². The molecule has 0 bridgehead atoms. The van der Waals surface area contributed by atoms with Gasteiger partial charge < -0.3 is 10.1 Å². The van der Waals surface area contributed by atoms with Gasteiger partial charge in [-0.3, -0.25) is 4.90 Å². The van der Waals surface area contributed by atoms with Crippen molar-refractivity contribution in [1.29, 1.82) is 0 Å². The monoisotopic (exact) mass is 277 g/mol. The van der Waals surface area contributed by atoms with Crippen LogP contribution in [-0.4, -0.2) is 43.2 Å². The second-order valence-corrected chi connectivity index (χ2v) is 5.65. The van der Waals surface area contributed by atoms with E-state index in [4.69, 9.17) is 4.74 Å². The molecule has 1 N–H and O–H groups in total. The van der Waals surface area contributed by atoms with Crippen molar-refractivity contribution < 1.29 is 4.74 Å². The molecule has 1 saturated heterocycles. The number of aromatic nitrogens is 1. The Kier molecular flexibility index (Phi) is 6.27. The Balaban J connectivity index is 1.76. The number of nitrogens with one attached hydrogen (secondary N) is 1. The van der Waals surface area contributed by atoms with Crippen LogP contribution in [0.2, 0.25) is 0 Å². The summed E-state index contributed by atoms with van der Waals surface area (Å²) in [4.78, 5) is 6.98. The fraction of sp³-hybridized carbons (Fsp3) is 0.688. The molecule has 2 heterocycles. The number of anilines is 1. The molecule has 1 fully saturated rings. The first kappa shape index (κ1) is 15.3. The molecule has 1 aromatic heterocycles. The molecule has 0 unspecified atom stereocenters. The second kappa shape index (κ2) is 8.22. The first-order valence-corrected chi connectivity index (χ1v) is 7.72. The Morgan fingerprint density at radius 1 is 1.35 bits per heavy atom. The topological polar surface area (TPSA) is 37.4 Å². The van der Waals surface area contributed by atoms with E-state index in [0.717, 1.165) is 37.9 Å². The van der Waals surface area contributed by atoms with E-state index in [-0.39, 0.29) is 0 Å². The van der Waals surface area contributed by atoms with Gasteiger partial charge in [0.25, 0.3) is 0 Å². The van der Waals surface area contributed by atoms with Crippen LogP contribution >= 0.6 is 0 Å². The Morgan fingerprint density at radius 3 is 2.75 bits per heavy atom. The third kappa shape index (κ3) is 4.76. The van der Waals surface area contributed by atoms with E-state index in [9.17, 15) is 0 Å². The molecule has 0 aliphatic carbocycles. The molecule has 20 heavy (non-hydrogen) atoms. The first-order chi connectivity index (χ1) is 9.81. The van der Waals surface area contributed by atoms with E-state index < -0.39 is 0 Å². The highest BCUT2D eigenvalue weighted by atomic mass is 16.5. The highest BCUT2D eigenvalue weighted by Gasteiger charge is 2.18. The van der Waals surface area contributed by atoms with Crippen LogP contribution in [0.5, 0.6) is 0 Å². The number of hydrogen-bond donors (Lipinski definition) is 1. The molecule has 0 atom stereocenters. The lowest BCUT2D eigenvalue weighted by molar-refractivity contribution is 0.0968. The van der Waals surface area contributed by atoms with Crippen molar-refractivity contribution in [3.63, 3.8) is 0 Å². The van der Waals surface area contributed by atoms with Gasteiger partial charge in [-0.25, -0.2) is 4.98 Å². The zero-order valence-electron chi connectivity index (χ0n) is 12.8. The number of methoxy groups -OCH3 is 1. The smallest absolute Gasteiger partial charge is 0.125 e. The average Bonchev–Trinajstić information content (AvgIpc) is 2.49. The van der Waals surface area contributed by atoms with Crippen molar-refractivity contribution in [2.24, 2.45) is 5.92 Å². The van der Waals surface area contributed by atoms with Gasteiger partial charge in [-0.2, -0.15) is 0 Å². The highest BCUT2D eigenvalue weighted by Crippen LogP contribution is 2.19. The fourth-order valence-corrected chi connectivity index (χ4v) is 2.68. The van der Waals surface area contributed by atoms with Crippen LogP contribution < -0.4 is 5.32 Å². The molecule has 0 spiro atoms. The minimum absolute atomic E-state index is 0.745. The SMILES string of the molecule is CCCNc1ccc(CN2CCC(COC)CC2)cn1. The van der Waals surface area contributed by atoms with Crippen LogP contribution in [0.15, 0.2) is 18.3 Å². The zero-order chi connectivity index (χ0) is 14.2. The normalized spacial score (nSPS) is 17.3. The second-order valence-electron chi connectivity index (χ2n) is 5.65. The zero-order valence-corrected chi connectivity index (χ0v) is 12.8. The van der Waals surface area contributed by atoms with Crippen LogP contribution in [0.3, 0.4) is 0 Å². The van der Waals surface area contributed by atoms with E-state index in [0.29, 0.717) is 0 Å². The van der Waals surface area contributed by atoms with Crippen LogP contribution in [0.25, 0.3) is 0 Å². The molecule has 0 radical (unpaired) electrons. The van der Waals surface area contributed by atoms with Gasteiger partial charge in [-0.05, 0) is 49.9 Å². The number of likely N-dealkylation sites (tertiary alicyclic amines) is 1. The van der Waals surface area contributed by atoms with E-state index >= 15 is 0 Å². The summed E-state index contributed by atoms with van der Waals surface area (Å²) in [6.07, 6.45) is 5.62. The van der Waals surface area contributed by atoms with E-state index in [1.165, 1.54) is 31.5 Å². The number of rotatable bonds is 7. The van der Waals surface area contributed by atoms with Crippen molar-refractivity contribution in [3.05, 3.63) is 23.9 Å². The molecule has 1 aliphatic rings. The number of nitrogens with zero attached hydrogens (tertiary/aromatic N) is 2. The van der Waals surface area contributed by atoms with Gasteiger partial charge in [-0.15, -0.1) is 0 Å². The summed E-state index contributed by atoms with van der Waals surface area (Å²) in [5.74, 6) is 1.73. The summed E-state index contributed by atoms with van der Waals surface area (Å²) < 4.78 is 5.24. The number of hydrogen-bond acceptors (Lipinski definition) is 4. The maximum atomic E-state index is 5.24. The molecule has 1 aromatic rings. The highest BCUT2D eigenvalue weighted by molar-refractivity contribution is 5.35. The summed E-state index contributed by atoms with van der Waals surface area (Å²) in [5.41, 5.74) is 1.30. The minimum Gasteiger partial charge on any atom is -0.384 e. The molecule has 2 rings (SSSR count). The average molecular weight is 277 g/mol. The minimum atomic E-state index is 0.745. The van der Waals surface area contributed by atoms with Crippen molar-refractivity contribution in [2.45, 2.75) is 32.7 Å². The van der Waals surface area contributed by atoms with Crippen molar-refractivity contribution in [2.75, 3.05) is 38.7 Å². The number of piperidine rings is 1. The lowest BCUT2D eigenvalue weighted by Crippen LogP contribution is -2.34. The molecular formula is C16H27N3O. The van der Waals surface area contributed by atoms with E-state index in [1.807, 2.05) is 6.20 Å². The molecule has 4 heteroatoms. The number of ether oxygens (including phenoxy) is 1. The molecule has 0 aromatic carbocycles. The molecule has 0 saturated carbocycles. The quantitative estimate of drug-likeness (QED) is 0.831. The Hall–Kier alpha value is -1.13. The van der Waals surface area contributed by atoms with Crippen molar-refractivity contribution >= 4 is 5.82 Å². The Labute approximate surface area is 122 Å². The lowest BCUT2D eigenvalue weighted by atomic mass is 9.97. The maximum absolute atomic E-state index is 5.24. The first-order valence-electron chi connectivity index (χ1n) is 7.72. The lowest BCUT2D eigenvalue weighted by Gasteiger charge is -2.31. The predicted molar refractivity (Wildman–Crippen MR) is 82.9 cm³/mol. The van der Waals surface area contributed by atoms with Crippen LogP contribution in [0, 0.1) is 5.92 Å². The van der Waals surface area contributed by atoms with Crippen molar-refractivity contribution in [1.82, 2.24) is 9.88 Å². The maximum Gasteiger partial charge on any atom is 0.125 e. The van der Waals surface area contributed by atoms with Gasteiger partial charge in [0.2, 0.25) is 0 Å². The van der Waals surface area contributed by atoms with Gasteiger partial charge in [0.15, 0.2) is 0 Å². The molecule has 0 amide bonds. The molecular weight excluding hydrogens is 250 g/mol. The van der Waals surface area contributed by atoms with Crippen molar-refractivity contribution in [3.8, 4) is 0 Å². The van der Waals surface area contributed by atoms with E-state index in [1.54, 1.807) is 7.11 Å². The summed E-state index contributed by atoms with van der Waals surface area (Å²) in [5, 5.41) is 3.31. The predicted octanol–water partition coefficient (Wildman–Crippen LogP) is 2.76. The molecule has 112 valence electrons. The fourth-order valence-electron chi connectivity index (χ4n) is 2.68. The summed E-state index contributed by atoms with van der Waals surface area (Å²) in [7, 11) is 1.80. The van der Waals surface area contributed by atoms with Crippen LogP contribution in [0.4, 0.5) is 5.82 Å². The van der Waals surface area contributed by atoms with Gasteiger partial charge in [0, 0.05) is 33.0 Å². The van der Waals surface area contributed by atoms with Gasteiger partial charge >= 0.3 is 0 Å². The number of pyridine rings is 1. The Morgan fingerprint density at radius 2 is 2.15 bits per heavy atom. The molecule has 4 nitrogen and oxygen atoms in total.